The fourth-order valence-corrected chi connectivity index (χ4v) is 3.94. The number of carbonyl (C=O) groups excluding carboxylic acids is 1. The van der Waals surface area contributed by atoms with Crippen LogP contribution >= 0.6 is 11.3 Å². The van der Waals surface area contributed by atoms with Gasteiger partial charge >= 0.3 is 6.03 Å². The number of amides is 2. The number of nitrogens with one attached hydrogen (secondary N) is 1. The topological polar surface area (TPSA) is 41.6 Å². The van der Waals surface area contributed by atoms with E-state index >= 15 is 0 Å². The van der Waals surface area contributed by atoms with E-state index in [4.69, 9.17) is 4.74 Å². The van der Waals surface area contributed by atoms with Gasteiger partial charge in [-0.25, -0.2) is 4.79 Å². The van der Waals surface area contributed by atoms with E-state index in [9.17, 15) is 4.79 Å². The van der Waals surface area contributed by atoms with Crippen molar-refractivity contribution in [1.29, 1.82) is 0 Å². The van der Waals surface area contributed by atoms with Gasteiger partial charge in [-0.05, 0) is 36.8 Å². The zero-order valence-electron chi connectivity index (χ0n) is 14.2. The van der Waals surface area contributed by atoms with E-state index in [1.54, 1.807) is 18.4 Å². The predicted octanol–water partition coefficient (Wildman–Crippen LogP) is 3.97. The smallest absolute Gasteiger partial charge is 0.318 e. The highest BCUT2D eigenvalue weighted by Crippen LogP contribution is 2.27. The number of thiophene rings is 1. The van der Waals surface area contributed by atoms with E-state index in [-0.39, 0.29) is 18.2 Å². The van der Waals surface area contributed by atoms with Gasteiger partial charge in [-0.3, -0.25) is 0 Å². The Morgan fingerprint density at radius 1 is 1.29 bits per heavy atom. The molecule has 1 atom stereocenters. The lowest BCUT2D eigenvalue weighted by Crippen LogP contribution is -2.46. The van der Waals surface area contributed by atoms with Gasteiger partial charge in [-0.1, -0.05) is 35.9 Å². The number of ether oxygens (including phenoxy) is 1. The van der Waals surface area contributed by atoms with Gasteiger partial charge in [-0.15, -0.1) is 11.3 Å². The molecule has 0 radical (unpaired) electrons. The standard InChI is InChI=1S/C19H24N2O2S/c1-14-5-3-6-15(13-14)18(17-7-4-12-24-17)20-19(22)21-10-8-16(23-2)9-11-21/h3-7,12-13,16,18H,8-11H2,1-2H3,(H,20,22). The fourth-order valence-electron chi connectivity index (χ4n) is 3.13. The van der Waals surface area contributed by atoms with E-state index < -0.39 is 0 Å². The Labute approximate surface area is 147 Å². The van der Waals surface area contributed by atoms with Crippen molar-refractivity contribution in [2.24, 2.45) is 0 Å². The first-order valence-electron chi connectivity index (χ1n) is 8.35. The minimum absolute atomic E-state index is 0.00413. The molecule has 1 aliphatic heterocycles. The van der Waals surface area contributed by atoms with Crippen LogP contribution in [0.1, 0.15) is 34.9 Å². The zero-order chi connectivity index (χ0) is 16.9. The molecule has 0 spiro atoms. The second kappa shape index (κ2) is 7.81. The van der Waals surface area contributed by atoms with Crippen LogP contribution in [0, 0.1) is 6.92 Å². The predicted molar refractivity (Wildman–Crippen MR) is 97.5 cm³/mol. The van der Waals surface area contributed by atoms with Crippen molar-refractivity contribution in [3.05, 3.63) is 57.8 Å². The van der Waals surface area contributed by atoms with Crippen molar-refractivity contribution in [2.75, 3.05) is 20.2 Å². The van der Waals surface area contributed by atoms with Gasteiger partial charge in [0.15, 0.2) is 0 Å². The van der Waals surface area contributed by atoms with Crippen LogP contribution in [-0.4, -0.2) is 37.2 Å². The number of carbonyl (C=O) groups is 1. The highest BCUT2D eigenvalue weighted by atomic mass is 32.1. The van der Waals surface area contributed by atoms with Crippen LogP contribution in [0.15, 0.2) is 41.8 Å². The van der Waals surface area contributed by atoms with E-state index in [2.05, 4.69) is 36.5 Å². The van der Waals surface area contributed by atoms with E-state index in [0.29, 0.717) is 0 Å². The number of benzene rings is 1. The van der Waals surface area contributed by atoms with Crippen molar-refractivity contribution < 1.29 is 9.53 Å². The first kappa shape index (κ1) is 17.0. The highest BCUT2D eigenvalue weighted by Gasteiger charge is 2.25. The molecular weight excluding hydrogens is 320 g/mol. The molecule has 5 heteroatoms. The van der Waals surface area contributed by atoms with Gasteiger partial charge in [0, 0.05) is 25.1 Å². The van der Waals surface area contributed by atoms with Gasteiger partial charge in [-0.2, -0.15) is 0 Å². The molecule has 0 saturated carbocycles. The molecule has 3 rings (SSSR count). The lowest BCUT2D eigenvalue weighted by molar-refractivity contribution is 0.0501. The minimum atomic E-state index is -0.0995. The summed E-state index contributed by atoms with van der Waals surface area (Å²) < 4.78 is 5.38. The Morgan fingerprint density at radius 2 is 2.08 bits per heavy atom. The molecule has 2 amide bonds. The summed E-state index contributed by atoms with van der Waals surface area (Å²) in [6.45, 7) is 3.57. The maximum atomic E-state index is 12.7. The normalized spacial score (nSPS) is 16.8. The first-order chi connectivity index (χ1) is 11.7. The summed E-state index contributed by atoms with van der Waals surface area (Å²) in [4.78, 5) is 15.8. The number of rotatable bonds is 4. The van der Waals surface area contributed by atoms with Gasteiger partial charge in [0.1, 0.15) is 0 Å². The average molecular weight is 344 g/mol. The van der Waals surface area contributed by atoms with Crippen LogP contribution in [0.3, 0.4) is 0 Å². The van der Waals surface area contributed by atoms with Crippen LogP contribution in [0.5, 0.6) is 0 Å². The second-order valence-corrected chi connectivity index (χ2v) is 7.21. The molecule has 0 bridgehead atoms. The summed E-state index contributed by atoms with van der Waals surface area (Å²) in [6.07, 6.45) is 2.08. The van der Waals surface area contributed by atoms with Crippen LogP contribution in [0.4, 0.5) is 4.79 Å². The second-order valence-electron chi connectivity index (χ2n) is 6.23. The lowest BCUT2D eigenvalue weighted by atomic mass is 10.0. The Kier molecular flexibility index (Phi) is 5.53. The number of nitrogens with zero attached hydrogens (tertiary/aromatic N) is 1. The highest BCUT2D eigenvalue weighted by molar-refractivity contribution is 7.10. The van der Waals surface area contributed by atoms with Crippen molar-refractivity contribution in [3.63, 3.8) is 0 Å². The maximum Gasteiger partial charge on any atom is 0.318 e. The minimum Gasteiger partial charge on any atom is -0.381 e. The number of urea groups is 1. The van der Waals surface area contributed by atoms with Crippen LogP contribution in [-0.2, 0) is 4.74 Å². The van der Waals surface area contributed by atoms with Gasteiger partial charge in [0.2, 0.25) is 0 Å². The molecular formula is C19H24N2O2S. The van der Waals surface area contributed by atoms with Crippen molar-refractivity contribution >= 4 is 17.4 Å². The molecule has 128 valence electrons. The molecule has 1 aromatic heterocycles. The molecule has 1 fully saturated rings. The summed E-state index contributed by atoms with van der Waals surface area (Å²) in [5.74, 6) is 0. The molecule has 1 saturated heterocycles. The maximum absolute atomic E-state index is 12.7. The Hall–Kier alpha value is -1.85. The van der Waals surface area contributed by atoms with Gasteiger partial charge in [0.25, 0.3) is 0 Å². The van der Waals surface area contributed by atoms with E-state index in [1.165, 1.54) is 5.56 Å². The molecule has 2 aromatic rings. The first-order valence-corrected chi connectivity index (χ1v) is 9.23. The summed E-state index contributed by atoms with van der Waals surface area (Å²) in [7, 11) is 1.74. The number of methoxy groups -OCH3 is 1. The number of aryl methyl sites for hydroxylation is 1. The van der Waals surface area contributed by atoms with Crippen LogP contribution in [0.2, 0.25) is 0 Å². The third kappa shape index (κ3) is 3.97. The quantitative estimate of drug-likeness (QED) is 0.912. The Balaban J connectivity index is 1.74. The molecule has 2 heterocycles. The Morgan fingerprint density at radius 3 is 2.71 bits per heavy atom. The largest absolute Gasteiger partial charge is 0.381 e. The van der Waals surface area contributed by atoms with Gasteiger partial charge in [0.05, 0.1) is 12.1 Å². The van der Waals surface area contributed by atoms with Crippen molar-refractivity contribution in [2.45, 2.75) is 31.9 Å². The SMILES string of the molecule is COC1CCN(C(=O)NC(c2cccc(C)c2)c2cccs2)CC1. The molecule has 4 nitrogen and oxygen atoms in total. The molecule has 0 aliphatic carbocycles. The summed E-state index contributed by atoms with van der Waals surface area (Å²) in [5, 5.41) is 5.27. The lowest BCUT2D eigenvalue weighted by Gasteiger charge is -2.32. The number of hydrogen-bond donors (Lipinski definition) is 1. The van der Waals surface area contributed by atoms with Crippen LogP contribution < -0.4 is 5.32 Å². The monoisotopic (exact) mass is 344 g/mol. The van der Waals surface area contributed by atoms with Crippen LogP contribution in [0.25, 0.3) is 0 Å². The number of piperidine rings is 1. The molecule has 1 aliphatic rings. The average Bonchev–Trinajstić information content (AvgIpc) is 3.14. The molecule has 1 aromatic carbocycles. The summed E-state index contributed by atoms with van der Waals surface area (Å²) >= 11 is 1.67. The molecule has 1 N–H and O–H groups in total. The van der Waals surface area contributed by atoms with Crippen molar-refractivity contribution in [3.8, 4) is 0 Å². The number of hydrogen-bond acceptors (Lipinski definition) is 3. The molecule has 24 heavy (non-hydrogen) atoms. The summed E-state index contributed by atoms with van der Waals surface area (Å²) in [5.41, 5.74) is 2.32. The zero-order valence-corrected chi connectivity index (χ0v) is 15.0. The summed E-state index contributed by atoms with van der Waals surface area (Å²) in [6, 6.07) is 12.3. The number of likely N-dealkylation sites (tertiary alicyclic amines) is 1. The van der Waals surface area contributed by atoms with Gasteiger partial charge < -0.3 is 15.0 Å². The third-order valence-electron chi connectivity index (χ3n) is 4.53. The van der Waals surface area contributed by atoms with E-state index in [1.807, 2.05) is 22.4 Å². The van der Waals surface area contributed by atoms with Crippen molar-refractivity contribution in [1.82, 2.24) is 10.2 Å². The third-order valence-corrected chi connectivity index (χ3v) is 5.47. The molecule has 1 unspecified atom stereocenters. The fraction of sp³-hybridized carbons (Fsp3) is 0.421. The van der Waals surface area contributed by atoms with E-state index in [0.717, 1.165) is 36.4 Å². The Bertz CT molecular complexity index is 664.